The predicted octanol–water partition coefficient (Wildman–Crippen LogP) is 1.85. The van der Waals surface area contributed by atoms with Crippen LogP contribution in [0.3, 0.4) is 0 Å². The minimum absolute atomic E-state index is 0.632. The second-order valence-corrected chi connectivity index (χ2v) is 3.48. The Morgan fingerprint density at radius 2 is 2.42 bits per heavy atom. The Kier molecular flexibility index (Phi) is 1.75. The van der Waals surface area contributed by atoms with Gasteiger partial charge in [-0.15, -0.1) is 0 Å². The highest BCUT2D eigenvalue weighted by Crippen LogP contribution is 2.26. The maximum atomic E-state index is 4.38. The molecule has 0 bridgehead atoms. The largest absolute Gasteiger partial charge is 0.357 e. The van der Waals surface area contributed by atoms with Gasteiger partial charge in [-0.2, -0.15) is 0 Å². The number of fused-ring (bicyclic) bond motifs is 1. The van der Waals surface area contributed by atoms with Crippen molar-refractivity contribution >= 4 is 5.82 Å². The molecule has 1 atom stereocenters. The molecule has 0 saturated heterocycles. The van der Waals surface area contributed by atoms with Crippen molar-refractivity contribution in [2.75, 3.05) is 11.9 Å². The first-order chi connectivity index (χ1) is 5.79. The molecule has 1 aromatic rings. The molecule has 1 aliphatic rings. The van der Waals surface area contributed by atoms with Crippen molar-refractivity contribution in [2.45, 2.75) is 25.8 Å². The Morgan fingerprint density at radius 1 is 1.58 bits per heavy atom. The van der Waals surface area contributed by atoms with Gasteiger partial charge in [0.25, 0.3) is 0 Å². The summed E-state index contributed by atoms with van der Waals surface area (Å²) in [5.74, 6) is 1.16. The van der Waals surface area contributed by atoms with Gasteiger partial charge >= 0.3 is 0 Å². The normalized spacial score (nSPS) is 22.2. The van der Waals surface area contributed by atoms with Crippen molar-refractivity contribution in [3.8, 4) is 0 Å². The van der Waals surface area contributed by atoms with Crippen LogP contribution < -0.4 is 4.90 Å². The summed E-state index contributed by atoms with van der Waals surface area (Å²) in [5, 5.41) is 0. The predicted molar refractivity (Wildman–Crippen MR) is 50.4 cm³/mol. The molecule has 2 rings (SSSR count). The van der Waals surface area contributed by atoms with Crippen LogP contribution in [-0.2, 0) is 6.42 Å². The summed E-state index contributed by atoms with van der Waals surface area (Å²) >= 11 is 0. The average molecular weight is 162 g/mol. The molecule has 0 radical (unpaired) electrons. The number of aryl methyl sites for hydroxylation is 1. The summed E-state index contributed by atoms with van der Waals surface area (Å²) in [6, 6.07) is 4.82. The first-order valence-corrected chi connectivity index (χ1v) is 4.46. The summed E-state index contributed by atoms with van der Waals surface area (Å²) in [6.45, 7) is 2.25. The third-order valence-corrected chi connectivity index (χ3v) is 2.69. The van der Waals surface area contributed by atoms with Gasteiger partial charge in [0.1, 0.15) is 5.82 Å². The molecule has 0 spiro atoms. The Hall–Kier alpha value is -1.05. The first kappa shape index (κ1) is 7.59. The second-order valence-electron chi connectivity index (χ2n) is 3.48. The standard InChI is InChI=1S/C10H14N2/c1-8-5-6-9-4-3-7-11-10(9)12(8)2/h3-4,7-8H,5-6H2,1-2H3. The summed E-state index contributed by atoms with van der Waals surface area (Å²) < 4.78 is 0. The quantitative estimate of drug-likeness (QED) is 0.578. The van der Waals surface area contributed by atoms with Crippen molar-refractivity contribution in [3.05, 3.63) is 23.9 Å². The van der Waals surface area contributed by atoms with E-state index >= 15 is 0 Å². The molecule has 0 saturated carbocycles. The third-order valence-electron chi connectivity index (χ3n) is 2.69. The lowest BCUT2D eigenvalue weighted by atomic mass is 10.0. The zero-order valence-corrected chi connectivity index (χ0v) is 7.62. The minimum atomic E-state index is 0.632. The molecule has 0 fully saturated rings. The van der Waals surface area contributed by atoms with E-state index in [2.05, 4.69) is 29.9 Å². The topological polar surface area (TPSA) is 16.1 Å². The number of rotatable bonds is 0. The van der Waals surface area contributed by atoms with Crippen LogP contribution in [0.1, 0.15) is 18.9 Å². The van der Waals surface area contributed by atoms with E-state index in [0.717, 1.165) is 5.82 Å². The van der Waals surface area contributed by atoms with E-state index in [1.807, 2.05) is 12.3 Å². The van der Waals surface area contributed by atoms with Gasteiger partial charge in [0.05, 0.1) is 0 Å². The van der Waals surface area contributed by atoms with E-state index in [-0.39, 0.29) is 0 Å². The Balaban J connectivity index is 2.42. The van der Waals surface area contributed by atoms with Gasteiger partial charge in [0, 0.05) is 19.3 Å². The molecule has 64 valence electrons. The first-order valence-electron chi connectivity index (χ1n) is 4.46. The number of hydrogen-bond donors (Lipinski definition) is 0. The number of hydrogen-bond acceptors (Lipinski definition) is 2. The van der Waals surface area contributed by atoms with Crippen molar-refractivity contribution in [1.82, 2.24) is 4.98 Å². The zero-order chi connectivity index (χ0) is 8.55. The van der Waals surface area contributed by atoms with E-state index in [0.29, 0.717) is 6.04 Å². The number of pyridine rings is 1. The molecule has 2 heteroatoms. The van der Waals surface area contributed by atoms with E-state index in [4.69, 9.17) is 0 Å². The Bertz CT molecular complexity index is 283. The lowest BCUT2D eigenvalue weighted by Crippen LogP contribution is -2.34. The molecule has 1 unspecified atom stereocenters. The number of nitrogens with zero attached hydrogens (tertiary/aromatic N) is 2. The van der Waals surface area contributed by atoms with Crippen LogP contribution in [0.25, 0.3) is 0 Å². The summed E-state index contributed by atoms with van der Waals surface area (Å²) in [6.07, 6.45) is 4.29. The van der Waals surface area contributed by atoms with Gasteiger partial charge < -0.3 is 4.90 Å². The monoisotopic (exact) mass is 162 g/mol. The smallest absolute Gasteiger partial charge is 0.131 e. The van der Waals surface area contributed by atoms with Crippen LogP contribution in [0.5, 0.6) is 0 Å². The lowest BCUT2D eigenvalue weighted by Gasteiger charge is -2.32. The molecule has 0 aliphatic carbocycles. The highest BCUT2D eigenvalue weighted by atomic mass is 15.2. The Morgan fingerprint density at radius 3 is 3.25 bits per heavy atom. The van der Waals surface area contributed by atoms with Gasteiger partial charge in [0.2, 0.25) is 0 Å². The lowest BCUT2D eigenvalue weighted by molar-refractivity contribution is 0.590. The van der Waals surface area contributed by atoms with Gasteiger partial charge in [-0.1, -0.05) is 6.07 Å². The maximum Gasteiger partial charge on any atom is 0.131 e. The van der Waals surface area contributed by atoms with Gasteiger partial charge in [0.15, 0.2) is 0 Å². The molecule has 1 aromatic heterocycles. The summed E-state index contributed by atoms with van der Waals surface area (Å²) in [5.41, 5.74) is 1.39. The molecule has 0 aromatic carbocycles. The van der Waals surface area contributed by atoms with Crippen LogP contribution in [-0.4, -0.2) is 18.1 Å². The molecule has 12 heavy (non-hydrogen) atoms. The maximum absolute atomic E-state index is 4.38. The third kappa shape index (κ3) is 1.07. The fraction of sp³-hybridized carbons (Fsp3) is 0.500. The van der Waals surface area contributed by atoms with Crippen LogP contribution in [0.15, 0.2) is 18.3 Å². The molecule has 2 nitrogen and oxygen atoms in total. The minimum Gasteiger partial charge on any atom is -0.357 e. The van der Waals surface area contributed by atoms with Crippen molar-refractivity contribution in [1.29, 1.82) is 0 Å². The molecule has 2 heterocycles. The van der Waals surface area contributed by atoms with Crippen molar-refractivity contribution < 1.29 is 0 Å². The van der Waals surface area contributed by atoms with E-state index in [9.17, 15) is 0 Å². The summed E-state index contributed by atoms with van der Waals surface area (Å²) in [4.78, 5) is 6.64. The molecular weight excluding hydrogens is 148 g/mol. The Labute approximate surface area is 73.2 Å². The SMILES string of the molecule is CC1CCc2cccnc2N1C. The van der Waals surface area contributed by atoms with Gasteiger partial charge in [-0.25, -0.2) is 4.98 Å². The van der Waals surface area contributed by atoms with Crippen molar-refractivity contribution in [2.24, 2.45) is 0 Å². The van der Waals surface area contributed by atoms with Gasteiger partial charge in [-0.05, 0) is 31.4 Å². The summed E-state index contributed by atoms with van der Waals surface area (Å²) in [7, 11) is 2.12. The highest BCUT2D eigenvalue weighted by molar-refractivity contribution is 5.48. The van der Waals surface area contributed by atoms with Gasteiger partial charge in [-0.3, -0.25) is 0 Å². The van der Waals surface area contributed by atoms with E-state index < -0.39 is 0 Å². The number of anilines is 1. The second kappa shape index (κ2) is 2.77. The van der Waals surface area contributed by atoms with Crippen LogP contribution in [0.4, 0.5) is 5.82 Å². The molecule has 0 amide bonds. The van der Waals surface area contributed by atoms with E-state index in [1.54, 1.807) is 0 Å². The molecule has 0 N–H and O–H groups in total. The van der Waals surface area contributed by atoms with Crippen LogP contribution >= 0.6 is 0 Å². The molecule has 1 aliphatic heterocycles. The highest BCUT2D eigenvalue weighted by Gasteiger charge is 2.19. The fourth-order valence-corrected chi connectivity index (χ4v) is 1.71. The van der Waals surface area contributed by atoms with Crippen molar-refractivity contribution in [3.63, 3.8) is 0 Å². The molecular formula is C10H14N2. The van der Waals surface area contributed by atoms with Crippen LogP contribution in [0.2, 0.25) is 0 Å². The zero-order valence-electron chi connectivity index (χ0n) is 7.62. The fourth-order valence-electron chi connectivity index (χ4n) is 1.71. The number of aromatic nitrogens is 1. The van der Waals surface area contributed by atoms with Crippen LogP contribution in [0, 0.1) is 0 Å². The average Bonchev–Trinajstić information content (AvgIpc) is 2.12. The van der Waals surface area contributed by atoms with E-state index in [1.165, 1.54) is 18.4 Å².